The first-order valence-corrected chi connectivity index (χ1v) is 13.5. The fourth-order valence-corrected chi connectivity index (χ4v) is 5.27. The SMILES string of the molecule is NC(=O)CN1CCNc2cccc3c2C(=O)c2c(cccc2C3=O)NCCN(CC(N)=O)CCN(CC(N)=O)CC1. The number of benzene rings is 2. The molecule has 1 aliphatic heterocycles. The normalized spacial score (nSPS) is 17.6. The molecule has 0 atom stereocenters. The Morgan fingerprint density at radius 3 is 1.32 bits per heavy atom. The van der Waals surface area contributed by atoms with Gasteiger partial charge in [-0.25, -0.2) is 0 Å². The van der Waals surface area contributed by atoms with E-state index in [4.69, 9.17) is 17.2 Å². The van der Waals surface area contributed by atoms with Crippen molar-refractivity contribution in [2.24, 2.45) is 17.2 Å². The summed E-state index contributed by atoms with van der Waals surface area (Å²) in [6.45, 7) is 3.18. The topological polar surface area (TPSA) is 197 Å². The number of hydrogen-bond acceptors (Lipinski definition) is 10. The van der Waals surface area contributed by atoms with E-state index in [1.54, 1.807) is 36.4 Å². The Morgan fingerprint density at radius 2 is 0.951 bits per heavy atom. The molecular formula is C28H36N8O5. The summed E-state index contributed by atoms with van der Waals surface area (Å²) in [4.78, 5) is 68.2. The van der Waals surface area contributed by atoms with Crippen molar-refractivity contribution in [3.05, 3.63) is 58.7 Å². The van der Waals surface area contributed by atoms with E-state index in [0.29, 0.717) is 86.0 Å². The number of rotatable bonds is 6. The quantitative estimate of drug-likeness (QED) is 0.239. The van der Waals surface area contributed by atoms with Gasteiger partial charge in [0.1, 0.15) is 0 Å². The Morgan fingerprint density at radius 1 is 0.585 bits per heavy atom. The number of anilines is 2. The summed E-state index contributed by atoms with van der Waals surface area (Å²) in [6, 6.07) is 10.2. The van der Waals surface area contributed by atoms with Crippen LogP contribution in [0.2, 0.25) is 0 Å². The lowest BCUT2D eigenvalue weighted by atomic mass is 9.82. The van der Waals surface area contributed by atoms with Gasteiger partial charge in [0.2, 0.25) is 17.7 Å². The Hall–Kier alpha value is -4.33. The van der Waals surface area contributed by atoms with Crippen LogP contribution < -0.4 is 27.8 Å². The minimum absolute atomic E-state index is 0.00733. The molecule has 2 aromatic rings. The fourth-order valence-electron chi connectivity index (χ4n) is 5.27. The number of ketones is 2. The van der Waals surface area contributed by atoms with Gasteiger partial charge in [0.15, 0.2) is 11.6 Å². The highest BCUT2D eigenvalue weighted by Crippen LogP contribution is 2.35. The number of hydrogen-bond donors (Lipinski definition) is 5. The summed E-state index contributed by atoms with van der Waals surface area (Å²) in [5.41, 5.74) is 18.7. The largest absolute Gasteiger partial charge is 0.383 e. The van der Waals surface area contributed by atoms with Crippen molar-refractivity contribution >= 4 is 40.7 Å². The van der Waals surface area contributed by atoms with Gasteiger partial charge in [-0.3, -0.25) is 38.7 Å². The second kappa shape index (κ2) is 13.4. The molecule has 4 rings (SSSR count). The summed E-state index contributed by atoms with van der Waals surface area (Å²) in [7, 11) is 0. The lowest BCUT2D eigenvalue weighted by Gasteiger charge is -2.29. The molecule has 41 heavy (non-hydrogen) atoms. The number of amides is 3. The molecule has 1 heterocycles. The summed E-state index contributed by atoms with van der Waals surface area (Å²) in [5, 5.41) is 6.53. The highest BCUT2D eigenvalue weighted by atomic mass is 16.2. The molecule has 1 aliphatic carbocycles. The van der Waals surface area contributed by atoms with E-state index in [1.165, 1.54) is 0 Å². The Kier molecular flexibility index (Phi) is 9.65. The van der Waals surface area contributed by atoms with Crippen LogP contribution in [-0.4, -0.2) is 116 Å². The number of carbonyl (C=O) groups excluding carboxylic acids is 5. The van der Waals surface area contributed by atoms with E-state index in [-0.39, 0.29) is 31.2 Å². The van der Waals surface area contributed by atoms with Crippen molar-refractivity contribution in [2.75, 3.05) is 82.6 Å². The van der Waals surface area contributed by atoms with Crippen LogP contribution >= 0.6 is 0 Å². The first-order valence-electron chi connectivity index (χ1n) is 13.5. The molecule has 0 spiro atoms. The van der Waals surface area contributed by atoms with Crippen LogP contribution in [-0.2, 0) is 14.4 Å². The third-order valence-electron chi connectivity index (χ3n) is 7.16. The minimum atomic E-state index is -0.504. The predicted molar refractivity (Wildman–Crippen MR) is 154 cm³/mol. The van der Waals surface area contributed by atoms with Crippen LogP contribution in [0.3, 0.4) is 0 Å². The van der Waals surface area contributed by atoms with E-state index in [0.717, 1.165) is 0 Å². The van der Waals surface area contributed by atoms with E-state index in [9.17, 15) is 24.0 Å². The molecule has 8 N–H and O–H groups in total. The molecule has 2 aromatic carbocycles. The van der Waals surface area contributed by atoms with Crippen LogP contribution in [0.15, 0.2) is 36.4 Å². The Balaban J connectivity index is 1.68. The van der Waals surface area contributed by atoms with E-state index < -0.39 is 17.7 Å². The minimum Gasteiger partial charge on any atom is -0.383 e. The van der Waals surface area contributed by atoms with E-state index in [1.807, 2.05) is 14.7 Å². The maximum absolute atomic E-state index is 13.9. The van der Waals surface area contributed by atoms with Crippen LogP contribution in [0.4, 0.5) is 11.4 Å². The first-order chi connectivity index (χ1) is 19.6. The first kappa shape index (κ1) is 29.6. The molecule has 0 unspecified atom stereocenters. The Bertz CT molecular complexity index is 1260. The molecule has 0 saturated heterocycles. The lowest BCUT2D eigenvalue weighted by molar-refractivity contribution is -0.121. The molecule has 13 nitrogen and oxygen atoms in total. The monoisotopic (exact) mass is 564 g/mol. The number of carbonyl (C=O) groups is 5. The highest BCUT2D eigenvalue weighted by Gasteiger charge is 2.33. The molecule has 0 aromatic heterocycles. The van der Waals surface area contributed by atoms with Gasteiger partial charge in [0, 0.05) is 74.9 Å². The highest BCUT2D eigenvalue weighted by molar-refractivity contribution is 6.31. The Labute approximate surface area is 238 Å². The summed E-state index contributed by atoms with van der Waals surface area (Å²) >= 11 is 0. The second-order valence-corrected chi connectivity index (χ2v) is 10.2. The lowest BCUT2D eigenvalue weighted by Crippen LogP contribution is -2.47. The molecule has 2 bridgehead atoms. The third kappa shape index (κ3) is 7.45. The van der Waals surface area contributed by atoms with Crippen molar-refractivity contribution in [3.63, 3.8) is 0 Å². The molecule has 13 heteroatoms. The zero-order valence-corrected chi connectivity index (χ0v) is 22.9. The number of nitrogens with one attached hydrogen (secondary N) is 2. The van der Waals surface area contributed by atoms with Crippen molar-refractivity contribution in [1.29, 1.82) is 0 Å². The third-order valence-corrected chi connectivity index (χ3v) is 7.16. The molecular weight excluding hydrogens is 528 g/mol. The van der Waals surface area contributed by atoms with Gasteiger partial charge >= 0.3 is 0 Å². The van der Waals surface area contributed by atoms with E-state index >= 15 is 0 Å². The van der Waals surface area contributed by atoms with Crippen LogP contribution in [0, 0.1) is 0 Å². The van der Waals surface area contributed by atoms with Gasteiger partial charge in [-0.1, -0.05) is 24.3 Å². The van der Waals surface area contributed by atoms with Gasteiger partial charge < -0.3 is 27.8 Å². The molecule has 218 valence electrons. The molecule has 0 fully saturated rings. The maximum atomic E-state index is 13.9. The summed E-state index contributed by atoms with van der Waals surface area (Å²) < 4.78 is 0. The van der Waals surface area contributed by atoms with E-state index in [2.05, 4.69) is 10.6 Å². The standard InChI is InChI=1S/C28H36N8O5/c29-22(37)15-34-9-7-32-20-5-1-3-18-25(20)28(41)26-19(27(18)40)4-2-6-21(26)33-8-10-35(16-23(30)38)12-14-36(13-11-34)17-24(31)39/h1-6,32-33H,7-17H2,(H2,29,37)(H2,30,38)(H2,31,39). The number of nitrogens with zero attached hydrogens (tertiary/aromatic N) is 3. The van der Waals surface area contributed by atoms with Gasteiger partial charge in [-0.05, 0) is 12.1 Å². The van der Waals surface area contributed by atoms with Crippen LogP contribution in [0.25, 0.3) is 0 Å². The maximum Gasteiger partial charge on any atom is 0.231 e. The zero-order valence-electron chi connectivity index (χ0n) is 22.9. The predicted octanol–water partition coefficient (Wildman–Crippen LogP) is -1.34. The number of nitrogens with two attached hydrogens (primary N) is 3. The van der Waals surface area contributed by atoms with Crippen molar-refractivity contribution in [2.45, 2.75) is 0 Å². The van der Waals surface area contributed by atoms with Gasteiger partial charge in [-0.15, -0.1) is 0 Å². The molecule has 3 amide bonds. The zero-order chi connectivity index (χ0) is 29.5. The molecule has 0 radical (unpaired) electrons. The van der Waals surface area contributed by atoms with Crippen LogP contribution in [0.5, 0.6) is 0 Å². The molecule has 2 aliphatic rings. The molecule has 0 saturated carbocycles. The van der Waals surface area contributed by atoms with Gasteiger partial charge in [-0.2, -0.15) is 0 Å². The summed E-state index contributed by atoms with van der Waals surface area (Å²) in [6.07, 6.45) is 0. The number of primary amides is 3. The fraction of sp³-hybridized carbons (Fsp3) is 0.393. The van der Waals surface area contributed by atoms with Gasteiger partial charge in [0.25, 0.3) is 0 Å². The smallest absolute Gasteiger partial charge is 0.231 e. The van der Waals surface area contributed by atoms with Crippen molar-refractivity contribution < 1.29 is 24.0 Å². The second-order valence-electron chi connectivity index (χ2n) is 10.2. The van der Waals surface area contributed by atoms with Crippen molar-refractivity contribution in [1.82, 2.24) is 14.7 Å². The average molecular weight is 565 g/mol. The summed E-state index contributed by atoms with van der Waals surface area (Å²) in [5.74, 6) is -2.01. The van der Waals surface area contributed by atoms with Crippen molar-refractivity contribution in [3.8, 4) is 0 Å². The van der Waals surface area contributed by atoms with Gasteiger partial charge in [0.05, 0.1) is 30.8 Å². The average Bonchev–Trinajstić information content (AvgIpc) is 2.91. The van der Waals surface area contributed by atoms with Crippen LogP contribution in [0.1, 0.15) is 31.8 Å².